The Bertz CT molecular complexity index is 639. The van der Waals surface area contributed by atoms with E-state index in [0.29, 0.717) is 13.0 Å². The molecule has 24 heavy (non-hydrogen) atoms. The molecular formula is C18H25NO5. The van der Waals surface area contributed by atoms with Crippen molar-refractivity contribution < 1.29 is 24.1 Å². The number of carbonyl (C=O) groups excluding carboxylic acids is 1. The first kappa shape index (κ1) is 17.0. The van der Waals surface area contributed by atoms with Gasteiger partial charge in [-0.05, 0) is 56.9 Å². The van der Waals surface area contributed by atoms with Gasteiger partial charge >= 0.3 is 6.09 Å². The quantitative estimate of drug-likeness (QED) is 0.854. The van der Waals surface area contributed by atoms with Crippen LogP contribution in [0.5, 0.6) is 5.75 Å². The summed E-state index contributed by atoms with van der Waals surface area (Å²) in [5.41, 5.74) is 0.785. The van der Waals surface area contributed by atoms with Crippen LogP contribution in [0.25, 0.3) is 0 Å². The van der Waals surface area contributed by atoms with E-state index in [1.54, 1.807) is 7.11 Å². The van der Waals surface area contributed by atoms with Crippen molar-refractivity contribution in [2.24, 2.45) is 0 Å². The van der Waals surface area contributed by atoms with Gasteiger partial charge in [0.2, 0.25) is 0 Å². The van der Waals surface area contributed by atoms with E-state index in [1.807, 2.05) is 39.0 Å². The van der Waals surface area contributed by atoms with Crippen LogP contribution in [-0.4, -0.2) is 48.3 Å². The molecular weight excluding hydrogens is 310 g/mol. The van der Waals surface area contributed by atoms with Crippen molar-refractivity contribution in [3.8, 4) is 5.75 Å². The van der Waals surface area contributed by atoms with Gasteiger partial charge in [0.25, 0.3) is 0 Å². The van der Waals surface area contributed by atoms with Gasteiger partial charge in [0.15, 0.2) is 6.23 Å². The topological polar surface area (TPSA) is 68.2 Å². The van der Waals surface area contributed by atoms with E-state index < -0.39 is 23.5 Å². The summed E-state index contributed by atoms with van der Waals surface area (Å²) in [6.45, 7) is 5.89. The van der Waals surface area contributed by atoms with Crippen molar-refractivity contribution in [3.63, 3.8) is 0 Å². The smallest absolute Gasteiger partial charge is 0.413 e. The SMILES string of the molecule is COc1ccc2c(c1)CCC21COCC(O)N1C(=O)OC(C)(C)C. The molecule has 2 aliphatic rings. The van der Waals surface area contributed by atoms with E-state index in [2.05, 4.69) is 0 Å². The average Bonchev–Trinajstić information content (AvgIpc) is 2.84. The highest BCUT2D eigenvalue weighted by molar-refractivity contribution is 5.71. The lowest BCUT2D eigenvalue weighted by Gasteiger charge is -2.47. The number of hydrogen-bond acceptors (Lipinski definition) is 5. The molecule has 1 heterocycles. The Morgan fingerprint density at radius 1 is 1.42 bits per heavy atom. The minimum Gasteiger partial charge on any atom is -0.497 e. The fraction of sp³-hybridized carbons (Fsp3) is 0.611. The summed E-state index contributed by atoms with van der Waals surface area (Å²) < 4.78 is 16.4. The molecule has 6 nitrogen and oxygen atoms in total. The number of benzene rings is 1. The van der Waals surface area contributed by atoms with Gasteiger partial charge in [-0.15, -0.1) is 0 Å². The Hall–Kier alpha value is -1.79. The van der Waals surface area contributed by atoms with Crippen LogP contribution in [0.1, 0.15) is 38.3 Å². The minimum atomic E-state index is -1.03. The average molecular weight is 335 g/mol. The zero-order chi connectivity index (χ0) is 17.5. The van der Waals surface area contributed by atoms with Gasteiger partial charge in [0.05, 0.1) is 25.9 Å². The summed E-state index contributed by atoms with van der Waals surface area (Å²) in [5, 5.41) is 10.5. The molecule has 3 rings (SSSR count). The Morgan fingerprint density at radius 2 is 2.17 bits per heavy atom. The zero-order valence-electron chi connectivity index (χ0n) is 14.7. The molecule has 1 saturated heterocycles. The van der Waals surface area contributed by atoms with Crippen LogP contribution in [0.2, 0.25) is 0 Å². The van der Waals surface area contributed by atoms with E-state index in [4.69, 9.17) is 14.2 Å². The molecule has 1 aromatic carbocycles. The maximum absolute atomic E-state index is 12.8. The third-order valence-corrected chi connectivity index (χ3v) is 4.58. The largest absolute Gasteiger partial charge is 0.497 e. The molecule has 1 fully saturated rings. The molecule has 0 saturated carbocycles. The molecule has 1 N–H and O–H groups in total. The third kappa shape index (κ3) is 2.84. The summed E-state index contributed by atoms with van der Waals surface area (Å²) in [4.78, 5) is 14.2. The lowest BCUT2D eigenvalue weighted by Crippen LogP contribution is -2.61. The van der Waals surface area contributed by atoms with E-state index >= 15 is 0 Å². The molecule has 0 bridgehead atoms. The molecule has 132 valence electrons. The summed E-state index contributed by atoms with van der Waals surface area (Å²) in [6, 6.07) is 5.82. The van der Waals surface area contributed by atoms with E-state index in [0.717, 1.165) is 23.3 Å². The van der Waals surface area contributed by atoms with Crippen LogP contribution in [0.3, 0.4) is 0 Å². The molecule has 1 aliphatic carbocycles. The molecule has 2 atom stereocenters. The number of fused-ring (bicyclic) bond motifs is 2. The molecule has 6 heteroatoms. The van der Waals surface area contributed by atoms with Gasteiger partial charge in [-0.3, -0.25) is 4.90 Å². The number of hydrogen-bond donors (Lipinski definition) is 1. The van der Waals surface area contributed by atoms with Gasteiger partial charge in [0.1, 0.15) is 11.4 Å². The van der Waals surface area contributed by atoms with Gasteiger partial charge in [-0.1, -0.05) is 6.07 Å². The number of nitrogens with zero attached hydrogens (tertiary/aromatic N) is 1. The second kappa shape index (κ2) is 5.93. The lowest BCUT2D eigenvalue weighted by atomic mass is 9.89. The molecule has 1 aliphatic heterocycles. The normalized spacial score (nSPS) is 26.4. The molecule has 2 unspecified atom stereocenters. The Kier molecular flexibility index (Phi) is 4.21. The second-order valence-corrected chi connectivity index (χ2v) is 7.40. The fourth-order valence-electron chi connectivity index (χ4n) is 3.60. The summed E-state index contributed by atoms with van der Waals surface area (Å²) in [5.74, 6) is 0.784. The lowest BCUT2D eigenvalue weighted by molar-refractivity contribution is -0.169. The van der Waals surface area contributed by atoms with Gasteiger partial charge in [-0.25, -0.2) is 4.79 Å². The minimum absolute atomic E-state index is 0.0898. The number of amides is 1. The van der Waals surface area contributed by atoms with Crippen LogP contribution in [0.15, 0.2) is 18.2 Å². The second-order valence-electron chi connectivity index (χ2n) is 7.40. The van der Waals surface area contributed by atoms with Gasteiger partial charge in [0, 0.05) is 0 Å². The molecule has 1 spiro atoms. The highest BCUT2D eigenvalue weighted by Gasteiger charge is 2.52. The summed E-state index contributed by atoms with van der Waals surface area (Å²) >= 11 is 0. The Morgan fingerprint density at radius 3 is 2.83 bits per heavy atom. The van der Waals surface area contributed by atoms with Crippen molar-refractivity contribution in [3.05, 3.63) is 29.3 Å². The maximum Gasteiger partial charge on any atom is 0.413 e. The van der Waals surface area contributed by atoms with Crippen molar-refractivity contribution in [2.45, 2.75) is 51.0 Å². The molecule has 0 aromatic heterocycles. The zero-order valence-corrected chi connectivity index (χ0v) is 14.7. The first-order chi connectivity index (χ1) is 11.3. The number of rotatable bonds is 1. The van der Waals surface area contributed by atoms with Crippen molar-refractivity contribution in [2.75, 3.05) is 20.3 Å². The Balaban J connectivity index is 2.00. The van der Waals surface area contributed by atoms with Crippen molar-refractivity contribution in [1.29, 1.82) is 0 Å². The van der Waals surface area contributed by atoms with E-state index in [1.165, 1.54) is 4.90 Å². The first-order valence-electron chi connectivity index (χ1n) is 8.22. The fourth-order valence-corrected chi connectivity index (χ4v) is 3.60. The van der Waals surface area contributed by atoms with Crippen LogP contribution >= 0.6 is 0 Å². The standard InChI is InChI=1S/C18H25NO5/c1-17(2,3)24-16(21)19-15(20)10-23-11-18(19)8-7-12-9-13(22-4)5-6-14(12)18/h5-6,9,15,20H,7-8,10-11H2,1-4H3. The predicted octanol–water partition coefficient (Wildman–Crippen LogP) is 2.42. The summed E-state index contributed by atoms with van der Waals surface area (Å²) in [7, 11) is 1.63. The van der Waals surface area contributed by atoms with Crippen LogP contribution < -0.4 is 4.74 Å². The number of carbonyl (C=O) groups is 1. The molecule has 0 radical (unpaired) electrons. The van der Waals surface area contributed by atoms with Crippen molar-refractivity contribution >= 4 is 6.09 Å². The Labute approximate surface area is 142 Å². The number of aryl methyl sites for hydroxylation is 1. The van der Waals surface area contributed by atoms with Crippen LogP contribution in [0, 0.1) is 0 Å². The van der Waals surface area contributed by atoms with Gasteiger partial charge in [-0.2, -0.15) is 0 Å². The third-order valence-electron chi connectivity index (χ3n) is 4.58. The summed E-state index contributed by atoms with van der Waals surface area (Å²) in [6.07, 6.45) is -0.0584. The van der Waals surface area contributed by atoms with E-state index in [9.17, 15) is 9.90 Å². The number of aliphatic hydroxyl groups is 1. The van der Waals surface area contributed by atoms with Crippen LogP contribution in [-0.2, 0) is 21.4 Å². The van der Waals surface area contributed by atoms with Gasteiger partial charge < -0.3 is 19.3 Å². The maximum atomic E-state index is 12.8. The number of morpholine rings is 1. The van der Waals surface area contributed by atoms with Crippen molar-refractivity contribution in [1.82, 2.24) is 4.90 Å². The number of ether oxygens (including phenoxy) is 3. The highest BCUT2D eigenvalue weighted by Crippen LogP contribution is 2.46. The first-order valence-corrected chi connectivity index (χ1v) is 8.22. The van der Waals surface area contributed by atoms with Crippen LogP contribution in [0.4, 0.5) is 4.79 Å². The molecule has 1 amide bonds. The number of methoxy groups -OCH3 is 1. The number of aliphatic hydroxyl groups excluding tert-OH is 1. The predicted molar refractivity (Wildman–Crippen MR) is 87.9 cm³/mol. The monoisotopic (exact) mass is 335 g/mol. The molecule has 1 aromatic rings. The van der Waals surface area contributed by atoms with E-state index in [-0.39, 0.29) is 6.61 Å². The highest BCUT2D eigenvalue weighted by atomic mass is 16.6.